The van der Waals surface area contributed by atoms with Gasteiger partial charge in [-0.3, -0.25) is 4.79 Å². The van der Waals surface area contributed by atoms with E-state index in [4.69, 9.17) is 18.9 Å². The molecule has 0 bridgehead atoms. The van der Waals surface area contributed by atoms with Gasteiger partial charge in [0.05, 0.1) is 28.4 Å². The monoisotopic (exact) mass is 377 g/mol. The van der Waals surface area contributed by atoms with E-state index in [2.05, 4.69) is 0 Å². The van der Waals surface area contributed by atoms with Gasteiger partial charge < -0.3 is 23.8 Å². The average Bonchev–Trinajstić information content (AvgIpc) is 2.70. The van der Waals surface area contributed by atoms with Gasteiger partial charge in [0.25, 0.3) is 5.91 Å². The summed E-state index contributed by atoms with van der Waals surface area (Å²) in [5, 5.41) is 0. The largest absolute Gasteiger partial charge is 0.494 e. The summed E-state index contributed by atoms with van der Waals surface area (Å²) in [6.07, 6.45) is 0. The van der Waals surface area contributed by atoms with Gasteiger partial charge in [-0.15, -0.1) is 0 Å². The Bertz CT molecular complexity index is 784. The summed E-state index contributed by atoms with van der Waals surface area (Å²) in [4.78, 5) is 14.6. The lowest BCUT2D eigenvalue weighted by molar-refractivity contribution is 0.0751. The normalized spacial score (nSPS) is 10.3. The van der Waals surface area contributed by atoms with Crippen molar-refractivity contribution in [3.05, 3.63) is 47.3 Å². The zero-order valence-electron chi connectivity index (χ0n) is 16.2. The highest BCUT2D eigenvalue weighted by molar-refractivity contribution is 5.95. The standard InChI is InChI=1S/C20H24FNO5/c1-6-22(12-13-7-8-16(24-2)15(21)9-13)20(23)14-10-17(25-3)19(27-5)18(11-14)26-4/h7-11H,6,12H2,1-5H3. The van der Waals surface area contributed by atoms with Crippen molar-refractivity contribution in [2.45, 2.75) is 13.5 Å². The van der Waals surface area contributed by atoms with Crippen molar-refractivity contribution in [3.63, 3.8) is 0 Å². The molecule has 0 atom stereocenters. The van der Waals surface area contributed by atoms with Gasteiger partial charge in [0, 0.05) is 18.7 Å². The summed E-state index contributed by atoms with van der Waals surface area (Å²) < 4.78 is 34.7. The predicted molar refractivity (Wildman–Crippen MR) is 99.5 cm³/mol. The molecule has 27 heavy (non-hydrogen) atoms. The van der Waals surface area contributed by atoms with Crippen LogP contribution in [0.1, 0.15) is 22.8 Å². The number of methoxy groups -OCH3 is 4. The van der Waals surface area contributed by atoms with Gasteiger partial charge in [-0.2, -0.15) is 0 Å². The summed E-state index contributed by atoms with van der Waals surface area (Å²) in [7, 11) is 5.88. The molecule has 7 heteroatoms. The molecule has 2 aromatic rings. The van der Waals surface area contributed by atoms with Crippen LogP contribution in [-0.4, -0.2) is 45.8 Å². The molecule has 0 heterocycles. The number of hydrogen-bond acceptors (Lipinski definition) is 5. The summed E-state index contributed by atoms with van der Waals surface area (Å²) in [5.41, 5.74) is 1.05. The molecule has 1 amide bonds. The molecule has 2 aromatic carbocycles. The molecule has 0 aliphatic heterocycles. The van der Waals surface area contributed by atoms with E-state index in [1.165, 1.54) is 34.5 Å². The Balaban J connectivity index is 2.32. The van der Waals surface area contributed by atoms with Gasteiger partial charge in [-0.25, -0.2) is 4.39 Å². The maximum Gasteiger partial charge on any atom is 0.254 e. The van der Waals surface area contributed by atoms with Gasteiger partial charge in [-0.05, 0) is 36.8 Å². The minimum atomic E-state index is -0.466. The smallest absolute Gasteiger partial charge is 0.254 e. The van der Waals surface area contributed by atoms with E-state index in [1.807, 2.05) is 6.92 Å². The van der Waals surface area contributed by atoms with E-state index in [1.54, 1.807) is 29.2 Å². The maximum atomic E-state index is 13.9. The molecule has 0 saturated carbocycles. The zero-order chi connectivity index (χ0) is 20.0. The first-order valence-corrected chi connectivity index (χ1v) is 8.40. The second kappa shape index (κ2) is 9.12. The molecule has 6 nitrogen and oxygen atoms in total. The summed E-state index contributed by atoms with van der Waals surface area (Å²) in [6.45, 7) is 2.56. The Labute approximate surface area is 158 Å². The van der Waals surface area contributed by atoms with Crippen LogP contribution < -0.4 is 18.9 Å². The van der Waals surface area contributed by atoms with Gasteiger partial charge >= 0.3 is 0 Å². The fraction of sp³-hybridized carbons (Fsp3) is 0.350. The Kier molecular flexibility index (Phi) is 6.87. The SMILES string of the molecule is CCN(Cc1ccc(OC)c(F)c1)C(=O)c1cc(OC)c(OC)c(OC)c1. The quantitative estimate of drug-likeness (QED) is 0.705. The van der Waals surface area contributed by atoms with E-state index >= 15 is 0 Å². The Hall–Kier alpha value is -2.96. The third-order valence-corrected chi connectivity index (χ3v) is 4.17. The first-order chi connectivity index (χ1) is 13.0. The van der Waals surface area contributed by atoms with Crippen molar-refractivity contribution in [2.24, 2.45) is 0 Å². The lowest BCUT2D eigenvalue weighted by Gasteiger charge is -2.22. The molecular formula is C20H24FNO5. The van der Waals surface area contributed by atoms with Crippen LogP contribution in [-0.2, 0) is 6.54 Å². The molecule has 0 radical (unpaired) electrons. The molecule has 0 fully saturated rings. The van der Waals surface area contributed by atoms with Gasteiger partial charge in [0.1, 0.15) is 0 Å². The van der Waals surface area contributed by atoms with Gasteiger partial charge in [0.15, 0.2) is 23.1 Å². The van der Waals surface area contributed by atoms with Crippen LogP contribution in [0.25, 0.3) is 0 Å². The first-order valence-electron chi connectivity index (χ1n) is 8.40. The van der Waals surface area contributed by atoms with Crippen molar-refractivity contribution >= 4 is 5.91 Å². The van der Waals surface area contributed by atoms with Crippen molar-refractivity contribution in [1.82, 2.24) is 4.90 Å². The number of rotatable bonds is 8. The molecule has 2 rings (SSSR count). The van der Waals surface area contributed by atoms with E-state index in [0.717, 1.165) is 0 Å². The number of ether oxygens (including phenoxy) is 4. The third kappa shape index (κ3) is 4.42. The summed E-state index contributed by atoms with van der Waals surface area (Å²) in [6, 6.07) is 7.83. The van der Waals surface area contributed by atoms with Crippen LogP contribution in [0.15, 0.2) is 30.3 Å². The Morgan fingerprint density at radius 2 is 1.52 bits per heavy atom. The number of carbonyl (C=O) groups excluding carboxylic acids is 1. The topological polar surface area (TPSA) is 57.2 Å². The molecule has 0 saturated heterocycles. The van der Waals surface area contributed by atoms with E-state index in [9.17, 15) is 9.18 Å². The lowest BCUT2D eigenvalue weighted by atomic mass is 10.1. The fourth-order valence-corrected chi connectivity index (χ4v) is 2.74. The number of hydrogen-bond donors (Lipinski definition) is 0. The van der Waals surface area contributed by atoms with Crippen LogP contribution in [0.2, 0.25) is 0 Å². The van der Waals surface area contributed by atoms with Crippen molar-refractivity contribution in [1.29, 1.82) is 0 Å². The second-order valence-corrected chi connectivity index (χ2v) is 5.70. The van der Waals surface area contributed by atoms with Crippen LogP contribution in [0, 0.1) is 5.82 Å². The summed E-state index contributed by atoms with van der Waals surface area (Å²) in [5.74, 6) is 0.673. The highest BCUT2D eigenvalue weighted by atomic mass is 19.1. The van der Waals surface area contributed by atoms with E-state index < -0.39 is 5.82 Å². The molecule has 146 valence electrons. The van der Waals surface area contributed by atoms with Crippen molar-refractivity contribution in [3.8, 4) is 23.0 Å². The van der Waals surface area contributed by atoms with E-state index in [0.29, 0.717) is 34.9 Å². The molecular weight excluding hydrogens is 353 g/mol. The highest BCUT2D eigenvalue weighted by Gasteiger charge is 2.21. The van der Waals surface area contributed by atoms with Crippen LogP contribution >= 0.6 is 0 Å². The second-order valence-electron chi connectivity index (χ2n) is 5.70. The number of benzene rings is 2. The Morgan fingerprint density at radius 3 is 1.96 bits per heavy atom. The molecule has 0 spiro atoms. The minimum Gasteiger partial charge on any atom is -0.494 e. The number of carbonyl (C=O) groups is 1. The lowest BCUT2D eigenvalue weighted by Crippen LogP contribution is -2.30. The molecule has 0 N–H and O–H groups in total. The van der Waals surface area contributed by atoms with Crippen molar-refractivity contribution < 1.29 is 28.1 Å². The number of halogens is 1. The number of amides is 1. The molecule has 0 aliphatic rings. The molecule has 0 aromatic heterocycles. The third-order valence-electron chi connectivity index (χ3n) is 4.17. The van der Waals surface area contributed by atoms with Crippen LogP contribution in [0.3, 0.4) is 0 Å². The first kappa shape index (κ1) is 20.4. The van der Waals surface area contributed by atoms with Crippen LogP contribution in [0.4, 0.5) is 4.39 Å². The van der Waals surface area contributed by atoms with Crippen LogP contribution in [0.5, 0.6) is 23.0 Å². The van der Waals surface area contributed by atoms with Gasteiger partial charge in [0.2, 0.25) is 5.75 Å². The maximum absolute atomic E-state index is 13.9. The average molecular weight is 377 g/mol. The fourth-order valence-electron chi connectivity index (χ4n) is 2.74. The Morgan fingerprint density at radius 1 is 0.926 bits per heavy atom. The van der Waals surface area contributed by atoms with Gasteiger partial charge in [-0.1, -0.05) is 6.07 Å². The molecule has 0 aliphatic carbocycles. The van der Waals surface area contributed by atoms with Crippen molar-refractivity contribution in [2.75, 3.05) is 35.0 Å². The highest BCUT2D eigenvalue weighted by Crippen LogP contribution is 2.38. The minimum absolute atomic E-state index is 0.165. The van der Waals surface area contributed by atoms with E-state index in [-0.39, 0.29) is 18.2 Å². The molecule has 0 unspecified atom stereocenters. The predicted octanol–water partition coefficient (Wildman–Crippen LogP) is 3.52. The summed E-state index contributed by atoms with van der Waals surface area (Å²) >= 11 is 0. The number of nitrogens with zero attached hydrogens (tertiary/aromatic N) is 1. The zero-order valence-corrected chi connectivity index (χ0v) is 16.2.